The van der Waals surface area contributed by atoms with Gasteiger partial charge in [0.2, 0.25) is 0 Å². The van der Waals surface area contributed by atoms with E-state index in [4.69, 9.17) is 17.3 Å². The SMILES string of the molecule is CC[C@]1(N)C[C@H]1c1ccc(NC(=O)c2cccc(Cl)c2)cc1. The van der Waals surface area contributed by atoms with Gasteiger partial charge in [-0.05, 0) is 48.7 Å². The summed E-state index contributed by atoms with van der Waals surface area (Å²) in [5.41, 5.74) is 8.77. The average molecular weight is 315 g/mol. The standard InChI is InChI=1S/C18H19ClN2O/c1-2-18(20)11-16(18)12-6-8-15(9-7-12)21-17(22)13-4-3-5-14(19)10-13/h3-10,16H,2,11,20H2,1H3,(H,21,22)/t16-,18-/m0/s1. The molecule has 0 heterocycles. The maximum atomic E-state index is 12.2. The van der Waals surface area contributed by atoms with Crippen molar-refractivity contribution < 1.29 is 4.79 Å². The third kappa shape index (κ3) is 3.01. The Morgan fingerprint density at radius 1 is 1.32 bits per heavy atom. The molecule has 3 N–H and O–H groups in total. The largest absolute Gasteiger partial charge is 0.325 e. The zero-order valence-electron chi connectivity index (χ0n) is 12.5. The van der Waals surface area contributed by atoms with Crippen molar-refractivity contribution in [3.63, 3.8) is 0 Å². The Bertz CT molecular complexity index is 698. The number of rotatable bonds is 4. The van der Waals surface area contributed by atoms with Gasteiger partial charge in [-0.3, -0.25) is 4.79 Å². The number of halogens is 1. The highest BCUT2D eigenvalue weighted by Crippen LogP contribution is 2.51. The first-order chi connectivity index (χ1) is 10.5. The number of benzene rings is 2. The van der Waals surface area contributed by atoms with E-state index in [1.807, 2.05) is 24.3 Å². The van der Waals surface area contributed by atoms with Gasteiger partial charge >= 0.3 is 0 Å². The van der Waals surface area contributed by atoms with Gasteiger partial charge in [-0.25, -0.2) is 0 Å². The molecule has 1 amide bonds. The van der Waals surface area contributed by atoms with Gasteiger partial charge in [-0.15, -0.1) is 0 Å². The van der Waals surface area contributed by atoms with Crippen molar-refractivity contribution in [3.05, 3.63) is 64.7 Å². The molecular weight excluding hydrogens is 296 g/mol. The van der Waals surface area contributed by atoms with Crippen LogP contribution in [0.5, 0.6) is 0 Å². The van der Waals surface area contributed by atoms with Crippen LogP contribution in [0, 0.1) is 0 Å². The summed E-state index contributed by atoms with van der Waals surface area (Å²) < 4.78 is 0. The second-order valence-corrected chi connectivity index (χ2v) is 6.37. The first-order valence-corrected chi connectivity index (χ1v) is 7.85. The molecule has 0 unspecified atom stereocenters. The molecule has 0 saturated heterocycles. The van der Waals surface area contributed by atoms with E-state index in [0.29, 0.717) is 16.5 Å². The number of carbonyl (C=O) groups excluding carboxylic acids is 1. The highest BCUT2D eigenvalue weighted by molar-refractivity contribution is 6.31. The van der Waals surface area contributed by atoms with Crippen LogP contribution in [-0.4, -0.2) is 11.4 Å². The Balaban J connectivity index is 1.68. The molecule has 2 aromatic carbocycles. The van der Waals surface area contributed by atoms with Gasteiger partial charge in [-0.1, -0.05) is 36.7 Å². The van der Waals surface area contributed by atoms with E-state index in [0.717, 1.165) is 18.5 Å². The third-order valence-electron chi connectivity index (χ3n) is 4.43. The van der Waals surface area contributed by atoms with E-state index in [9.17, 15) is 4.79 Å². The van der Waals surface area contributed by atoms with Gasteiger partial charge in [0.15, 0.2) is 0 Å². The molecule has 22 heavy (non-hydrogen) atoms. The second kappa shape index (κ2) is 5.75. The van der Waals surface area contributed by atoms with Gasteiger partial charge in [0.05, 0.1) is 0 Å². The number of hydrogen-bond acceptors (Lipinski definition) is 2. The first kappa shape index (κ1) is 15.1. The molecule has 3 nitrogen and oxygen atoms in total. The van der Waals surface area contributed by atoms with Gasteiger partial charge in [0.25, 0.3) is 5.91 Å². The third-order valence-corrected chi connectivity index (χ3v) is 4.67. The highest BCUT2D eigenvalue weighted by Gasteiger charge is 2.49. The number of carbonyl (C=O) groups is 1. The number of anilines is 1. The normalized spacial score (nSPS) is 23.1. The highest BCUT2D eigenvalue weighted by atomic mass is 35.5. The van der Waals surface area contributed by atoms with Crippen LogP contribution in [0.4, 0.5) is 5.69 Å². The zero-order chi connectivity index (χ0) is 15.7. The van der Waals surface area contributed by atoms with Gasteiger partial charge in [0, 0.05) is 27.7 Å². The summed E-state index contributed by atoms with van der Waals surface area (Å²) in [6, 6.07) is 14.8. The fourth-order valence-electron chi connectivity index (χ4n) is 2.79. The monoisotopic (exact) mass is 314 g/mol. The summed E-state index contributed by atoms with van der Waals surface area (Å²) in [4.78, 5) is 12.2. The lowest BCUT2D eigenvalue weighted by Gasteiger charge is -2.09. The van der Waals surface area contributed by atoms with Crippen LogP contribution in [0.3, 0.4) is 0 Å². The summed E-state index contributed by atoms with van der Waals surface area (Å²) in [7, 11) is 0. The Hall–Kier alpha value is -1.84. The fourth-order valence-corrected chi connectivity index (χ4v) is 2.98. The Labute approximate surface area is 135 Å². The molecule has 114 valence electrons. The van der Waals surface area contributed by atoms with E-state index in [1.54, 1.807) is 24.3 Å². The molecular formula is C18H19ClN2O. The van der Waals surface area contributed by atoms with E-state index < -0.39 is 0 Å². The molecule has 1 saturated carbocycles. The van der Waals surface area contributed by atoms with E-state index >= 15 is 0 Å². The van der Waals surface area contributed by atoms with Crippen LogP contribution in [0.1, 0.15) is 41.6 Å². The van der Waals surface area contributed by atoms with Crippen LogP contribution in [0.15, 0.2) is 48.5 Å². The Morgan fingerprint density at radius 2 is 2.05 bits per heavy atom. The quantitative estimate of drug-likeness (QED) is 0.889. The molecule has 3 rings (SSSR count). The van der Waals surface area contributed by atoms with Crippen LogP contribution in [0.25, 0.3) is 0 Å². The first-order valence-electron chi connectivity index (χ1n) is 7.47. The van der Waals surface area contributed by atoms with E-state index in [-0.39, 0.29) is 11.4 Å². The summed E-state index contributed by atoms with van der Waals surface area (Å²) in [6.07, 6.45) is 2.03. The van der Waals surface area contributed by atoms with Crippen LogP contribution in [0.2, 0.25) is 5.02 Å². The summed E-state index contributed by atoms with van der Waals surface area (Å²) >= 11 is 5.90. The van der Waals surface area contributed by atoms with E-state index in [1.165, 1.54) is 5.56 Å². The average Bonchev–Trinajstić information content (AvgIpc) is 3.21. The predicted molar refractivity (Wildman–Crippen MR) is 90.4 cm³/mol. The molecule has 1 aliphatic rings. The maximum absolute atomic E-state index is 12.2. The Kier molecular flexibility index (Phi) is 3.94. The van der Waals surface area contributed by atoms with Crippen molar-refractivity contribution in [2.75, 3.05) is 5.32 Å². The number of amides is 1. The van der Waals surface area contributed by atoms with Crippen molar-refractivity contribution >= 4 is 23.2 Å². The second-order valence-electron chi connectivity index (χ2n) is 5.93. The molecule has 2 atom stereocenters. The van der Waals surface area contributed by atoms with Crippen molar-refractivity contribution in [3.8, 4) is 0 Å². The van der Waals surface area contributed by atoms with Crippen LogP contribution >= 0.6 is 11.6 Å². The maximum Gasteiger partial charge on any atom is 0.255 e. The number of hydrogen-bond donors (Lipinski definition) is 2. The lowest BCUT2D eigenvalue weighted by atomic mass is 10.0. The molecule has 2 aromatic rings. The van der Waals surface area contributed by atoms with Crippen LogP contribution < -0.4 is 11.1 Å². The van der Waals surface area contributed by atoms with Crippen LogP contribution in [-0.2, 0) is 0 Å². The fraction of sp³-hybridized carbons (Fsp3) is 0.278. The summed E-state index contributed by atoms with van der Waals surface area (Å²) in [6.45, 7) is 2.12. The van der Waals surface area contributed by atoms with E-state index in [2.05, 4.69) is 12.2 Å². The molecule has 4 heteroatoms. The van der Waals surface area contributed by atoms with Gasteiger partial charge in [0.1, 0.15) is 0 Å². The van der Waals surface area contributed by atoms with Crippen molar-refractivity contribution in [2.45, 2.75) is 31.2 Å². The van der Waals surface area contributed by atoms with Gasteiger partial charge in [-0.2, -0.15) is 0 Å². The molecule has 0 radical (unpaired) electrons. The lowest BCUT2D eigenvalue weighted by Crippen LogP contribution is -2.22. The van der Waals surface area contributed by atoms with Gasteiger partial charge < -0.3 is 11.1 Å². The Morgan fingerprint density at radius 3 is 2.64 bits per heavy atom. The molecule has 0 aromatic heterocycles. The molecule has 0 spiro atoms. The summed E-state index contributed by atoms with van der Waals surface area (Å²) in [5.74, 6) is 0.276. The lowest BCUT2D eigenvalue weighted by molar-refractivity contribution is 0.102. The minimum Gasteiger partial charge on any atom is -0.325 e. The summed E-state index contributed by atoms with van der Waals surface area (Å²) in [5, 5.41) is 3.43. The predicted octanol–water partition coefficient (Wildman–Crippen LogP) is 4.19. The number of nitrogens with one attached hydrogen (secondary N) is 1. The smallest absolute Gasteiger partial charge is 0.255 e. The molecule has 1 aliphatic carbocycles. The topological polar surface area (TPSA) is 55.1 Å². The minimum atomic E-state index is -0.164. The minimum absolute atomic E-state index is 0.0362. The zero-order valence-corrected chi connectivity index (χ0v) is 13.2. The van der Waals surface area contributed by atoms with Crippen molar-refractivity contribution in [2.24, 2.45) is 5.73 Å². The molecule has 0 bridgehead atoms. The van der Waals surface area contributed by atoms with Crippen molar-refractivity contribution in [1.82, 2.24) is 0 Å². The molecule has 1 fully saturated rings. The molecule has 0 aliphatic heterocycles. The van der Waals surface area contributed by atoms with Crippen molar-refractivity contribution in [1.29, 1.82) is 0 Å². The number of nitrogens with two attached hydrogens (primary N) is 1.